The number of hydrazone groups is 1. The van der Waals surface area contributed by atoms with Crippen LogP contribution in [0.4, 0.5) is 5.69 Å². The summed E-state index contributed by atoms with van der Waals surface area (Å²) in [6.07, 6.45) is 2.05. The van der Waals surface area contributed by atoms with Crippen LogP contribution in [0.2, 0.25) is 0 Å². The van der Waals surface area contributed by atoms with Gasteiger partial charge in [-0.05, 0) is 56.7 Å². The van der Waals surface area contributed by atoms with Crippen LogP contribution in [0.3, 0.4) is 0 Å². The van der Waals surface area contributed by atoms with Crippen LogP contribution in [-0.4, -0.2) is 49.8 Å². The van der Waals surface area contributed by atoms with Gasteiger partial charge in [0.15, 0.2) is 6.61 Å². The number of anilines is 1. The third kappa shape index (κ3) is 10.3. The van der Waals surface area contributed by atoms with Gasteiger partial charge >= 0.3 is 11.8 Å². The Morgan fingerprint density at radius 3 is 2.52 bits per heavy atom. The van der Waals surface area contributed by atoms with Crippen molar-refractivity contribution in [1.82, 2.24) is 10.7 Å². The van der Waals surface area contributed by atoms with Crippen LogP contribution in [0.5, 0.6) is 5.75 Å². The van der Waals surface area contributed by atoms with Crippen LogP contribution in [0.1, 0.15) is 25.8 Å². The maximum Gasteiger partial charge on any atom is 0.329 e. The lowest BCUT2D eigenvalue weighted by molar-refractivity contribution is -0.139. The predicted molar refractivity (Wildman–Crippen MR) is 129 cm³/mol. The molecule has 0 bridgehead atoms. The zero-order valence-electron chi connectivity index (χ0n) is 18.5. The number of benzene rings is 2. The monoisotopic (exact) mass is 518 g/mol. The molecule has 0 radical (unpaired) electrons. The molecule has 2 aromatic carbocycles. The smallest absolute Gasteiger partial charge is 0.329 e. The van der Waals surface area contributed by atoms with Gasteiger partial charge in [-0.3, -0.25) is 14.4 Å². The van der Waals surface area contributed by atoms with Gasteiger partial charge in [0.1, 0.15) is 5.75 Å². The summed E-state index contributed by atoms with van der Waals surface area (Å²) in [6.45, 7) is 4.45. The van der Waals surface area contributed by atoms with Gasteiger partial charge in [-0.2, -0.15) is 5.10 Å². The molecule has 0 aliphatic heterocycles. The number of para-hydroxylation sites is 1. The van der Waals surface area contributed by atoms with Crippen molar-refractivity contribution >= 4 is 45.6 Å². The van der Waals surface area contributed by atoms with Gasteiger partial charge in [-0.25, -0.2) is 5.43 Å². The third-order valence-corrected chi connectivity index (χ3v) is 4.57. The molecule has 9 nitrogen and oxygen atoms in total. The number of rotatable bonds is 11. The Morgan fingerprint density at radius 1 is 1.06 bits per heavy atom. The Morgan fingerprint density at radius 2 is 1.79 bits per heavy atom. The standard InChI is InChI=1S/C23H27BrN4O5/c1-16(2)32-13-5-12-25-22(30)23(31)28-26-14-17-6-3-4-7-20(17)33-15-21(29)27-19-10-8-18(24)9-11-19/h3-4,6-11,14,16H,5,12-13,15H2,1-2H3,(H,25,30)(H,27,29)(H,28,31)/b26-14-. The van der Waals surface area contributed by atoms with Gasteiger partial charge in [0.25, 0.3) is 5.91 Å². The molecule has 3 amide bonds. The van der Waals surface area contributed by atoms with Crippen molar-refractivity contribution in [3.63, 3.8) is 0 Å². The van der Waals surface area contributed by atoms with E-state index in [0.29, 0.717) is 36.6 Å². The van der Waals surface area contributed by atoms with Crippen LogP contribution in [0.25, 0.3) is 0 Å². The highest BCUT2D eigenvalue weighted by molar-refractivity contribution is 9.10. The molecule has 0 aliphatic carbocycles. The van der Waals surface area contributed by atoms with Crippen LogP contribution >= 0.6 is 15.9 Å². The second-order valence-electron chi connectivity index (χ2n) is 7.11. The molecular formula is C23H27BrN4O5. The predicted octanol–water partition coefficient (Wildman–Crippen LogP) is 2.85. The summed E-state index contributed by atoms with van der Waals surface area (Å²) in [4.78, 5) is 35.8. The number of halogens is 1. The van der Waals surface area contributed by atoms with Gasteiger partial charge < -0.3 is 20.1 Å². The lowest BCUT2D eigenvalue weighted by Gasteiger charge is -2.10. The average molecular weight is 519 g/mol. The Balaban J connectivity index is 1.79. The maximum atomic E-state index is 12.1. The lowest BCUT2D eigenvalue weighted by Crippen LogP contribution is -2.38. The highest BCUT2D eigenvalue weighted by Gasteiger charge is 2.12. The molecule has 0 spiro atoms. The quantitative estimate of drug-likeness (QED) is 0.183. The van der Waals surface area contributed by atoms with Crippen molar-refractivity contribution in [3.8, 4) is 5.75 Å². The molecule has 0 aromatic heterocycles. The zero-order chi connectivity index (χ0) is 24.1. The molecule has 0 fully saturated rings. The second-order valence-corrected chi connectivity index (χ2v) is 8.03. The molecule has 3 N–H and O–H groups in total. The van der Waals surface area contributed by atoms with Gasteiger partial charge in [-0.1, -0.05) is 28.1 Å². The van der Waals surface area contributed by atoms with Crippen LogP contribution in [0, 0.1) is 0 Å². The lowest BCUT2D eigenvalue weighted by atomic mass is 10.2. The Hall–Kier alpha value is -3.24. The first-order chi connectivity index (χ1) is 15.8. The molecule has 10 heteroatoms. The van der Waals surface area contributed by atoms with E-state index in [1.165, 1.54) is 6.21 Å². The highest BCUT2D eigenvalue weighted by Crippen LogP contribution is 2.17. The fourth-order valence-corrected chi connectivity index (χ4v) is 2.74. The molecule has 0 aliphatic rings. The highest BCUT2D eigenvalue weighted by atomic mass is 79.9. The van der Waals surface area contributed by atoms with Gasteiger partial charge in [-0.15, -0.1) is 0 Å². The Labute approximate surface area is 201 Å². The normalized spacial score (nSPS) is 10.8. The number of nitrogens with one attached hydrogen (secondary N) is 3. The van der Waals surface area contributed by atoms with E-state index in [9.17, 15) is 14.4 Å². The summed E-state index contributed by atoms with van der Waals surface area (Å²) in [5, 5.41) is 9.03. The van der Waals surface area contributed by atoms with Crippen molar-refractivity contribution < 1.29 is 23.9 Å². The number of nitrogens with zero attached hydrogens (tertiary/aromatic N) is 1. The number of carbonyl (C=O) groups excluding carboxylic acids is 3. The SMILES string of the molecule is CC(C)OCCCNC(=O)C(=O)N/N=C\c1ccccc1OCC(=O)Nc1ccc(Br)cc1. The number of carbonyl (C=O) groups is 3. The summed E-state index contributed by atoms with van der Waals surface area (Å²) in [7, 11) is 0. The Bertz CT molecular complexity index is 964. The first kappa shape index (κ1) is 26.0. The molecule has 0 saturated carbocycles. The van der Waals surface area contributed by atoms with E-state index >= 15 is 0 Å². The molecule has 0 unspecified atom stereocenters. The van der Waals surface area contributed by atoms with E-state index in [0.717, 1.165) is 4.47 Å². The van der Waals surface area contributed by atoms with E-state index < -0.39 is 11.8 Å². The van der Waals surface area contributed by atoms with Crippen LogP contribution in [-0.2, 0) is 19.1 Å². The molecular weight excluding hydrogens is 492 g/mol. The molecule has 2 rings (SSSR count). The number of amides is 3. The first-order valence-electron chi connectivity index (χ1n) is 10.3. The summed E-state index contributed by atoms with van der Waals surface area (Å²) < 4.78 is 11.8. The van der Waals surface area contributed by atoms with E-state index in [-0.39, 0.29) is 18.6 Å². The molecule has 2 aromatic rings. The minimum atomic E-state index is -0.886. The minimum Gasteiger partial charge on any atom is -0.483 e. The van der Waals surface area contributed by atoms with Crippen molar-refractivity contribution in [1.29, 1.82) is 0 Å². The Kier molecular flexibility index (Phi) is 11.1. The summed E-state index contributed by atoms with van der Waals surface area (Å²) >= 11 is 3.34. The minimum absolute atomic E-state index is 0.117. The largest absolute Gasteiger partial charge is 0.483 e. The van der Waals surface area contributed by atoms with Crippen molar-refractivity contribution in [2.24, 2.45) is 5.10 Å². The van der Waals surface area contributed by atoms with E-state index in [2.05, 4.69) is 37.1 Å². The van der Waals surface area contributed by atoms with Crippen molar-refractivity contribution in [3.05, 3.63) is 58.6 Å². The van der Waals surface area contributed by atoms with E-state index in [1.54, 1.807) is 36.4 Å². The van der Waals surface area contributed by atoms with Crippen molar-refractivity contribution in [2.45, 2.75) is 26.4 Å². The number of hydrogen-bond donors (Lipinski definition) is 3. The van der Waals surface area contributed by atoms with Gasteiger partial charge in [0.05, 0.1) is 12.3 Å². The summed E-state index contributed by atoms with van der Waals surface area (Å²) in [6, 6.07) is 14.0. The molecule has 0 heterocycles. The molecule has 0 saturated heterocycles. The maximum absolute atomic E-state index is 12.1. The van der Waals surface area contributed by atoms with Gasteiger partial charge in [0.2, 0.25) is 0 Å². The fraction of sp³-hybridized carbons (Fsp3) is 0.304. The summed E-state index contributed by atoms with van der Waals surface area (Å²) in [5.41, 5.74) is 3.34. The zero-order valence-corrected chi connectivity index (χ0v) is 20.1. The topological polar surface area (TPSA) is 118 Å². The fourth-order valence-electron chi connectivity index (χ4n) is 2.48. The second kappa shape index (κ2) is 14.0. The van der Waals surface area contributed by atoms with Crippen LogP contribution < -0.4 is 20.8 Å². The number of hydrogen-bond acceptors (Lipinski definition) is 6. The van der Waals surface area contributed by atoms with Crippen LogP contribution in [0.15, 0.2) is 58.1 Å². The van der Waals surface area contributed by atoms with E-state index in [4.69, 9.17) is 9.47 Å². The average Bonchev–Trinajstić information content (AvgIpc) is 2.79. The third-order valence-electron chi connectivity index (χ3n) is 4.04. The molecule has 176 valence electrons. The molecule has 33 heavy (non-hydrogen) atoms. The molecule has 0 atom stereocenters. The summed E-state index contributed by atoms with van der Waals surface area (Å²) in [5.74, 6) is -1.60. The van der Waals surface area contributed by atoms with Crippen molar-refractivity contribution in [2.75, 3.05) is 25.1 Å². The van der Waals surface area contributed by atoms with Gasteiger partial charge in [0, 0.05) is 28.9 Å². The number of ether oxygens (including phenoxy) is 2. The van der Waals surface area contributed by atoms with E-state index in [1.807, 2.05) is 26.0 Å². The first-order valence-corrected chi connectivity index (χ1v) is 11.1.